The van der Waals surface area contributed by atoms with Gasteiger partial charge in [-0.1, -0.05) is 42.5 Å². The lowest BCUT2D eigenvalue weighted by molar-refractivity contribution is 0.0980. The summed E-state index contributed by atoms with van der Waals surface area (Å²) in [4.78, 5) is 21.0. The van der Waals surface area contributed by atoms with Gasteiger partial charge in [0, 0.05) is 0 Å². The van der Waals surface area contributed by atoms with Crippen molar-refractivity contribution < 1.29 is 27.4 Å². The average Bonchev–Trinajstić information content (AvgIpc) is 2.72. The lowest BCUT2D eigenvalue weighted by atomic mass is 9.98. The van der Waals surface area contributed by atoms with E-state index in [1.165, 1.54) is 26.4 Å². The second-order valence-corrected chi connectivity index (χ2v) is 7.83. The molecule has 3 rings (SSSR count). The smallest absolute Gasteiger partial charge is 0.328 e. The Morgan fingerprint density at radius 3 is 2.13 bits per heavy atom. The molecule has 30 heavy (non-hydrogen) atoms. The third kappa shape index (κ3) is 5.03. The largest absolute Gasteiger partial charge is 0.481 e. The fourth-order valence-corrected chi connectivity index (χ4v) is 3.10. The molecule has 0 radical (unpaired) electrons. The molecule has 0 bridgehead atoms. The lowest BCUT2D eigenvalue weighted by Crippen LogP contribution is -2.30. The number of aromatic nitrogens is 2. The predicted octanol–water partition coefficient (Wildman–Crippen LogP) is 2.64. The molecule has 1 N–H and O–H groups in total. The molecule has 1 amide bonds. The van der Waals surface area contributed by atoms with Gasteiger partial charge >= 0.3 is 6.01 Å². The van der Waals surface area contributed by atoms with Crippen LogP contribution in [-0.2, 0) is 10.0 Å². The molecule has 0 unspecified atom stereocenters. The number of sulfonamides is 1. The van der Waals surface area contributed by atoms with E-state index in [-0.39, 0.29) is 29.1 Å². The lowest BCUT2D eigenvalue weighted by Gasteiger charge is -2.15. The summed E-state index contributed by atoms with van der Waals surface area (Å²) >= 11 is 0. The van der Waals surface area contributed by atoms with Crippen LogP contribution in [0.15, 0.2) is 54.6 Å². The summed E-state index contributed by atoms with van der Waals surface area (Å²) < 4.78 is 41.3. The Morgan fingerprint density at radius 1 is 0.933 bits per heavy atom. The second kappa shape index (κ2) is 8.78. The van der Waals surface area contributed by atoms with Gasteiger partial charge in [-0.3, -0.25) is 4.79 Å². The Morgan fingerprint density at radius 2 is 1.57 bits per heavy atom. The minimum absolute atomic E-state index is 0.0134. The Labute approximate surface area is 173 Å². The van der Waals surface area contributed by atoms with Crippen LogP contribution in [0.1, 0.15) is 10.4 Å². The number of nitrogens with one attached hydrogen (secondary N) is 1. The predicted molar refractivity (Wildman–Crippen MR) is 109 cm³/mol. The third-order valence-electron chi connectivity index (χ3n) is 3.89. The first-order valence-electron chi connectivity index (χ1n) is 8.66. The zero-order valence-electron chi connectivity index (χ0n) is 16.4. The molecular weight excluding hydrogens is 410 g/mol. The molecule has 2 aromatic carbocycles. The van der Waals surface area contributed by atoms with E-state index in [2.05, 4.69) is 9.97 Å². The first kappa shape index (κ1) is 21.1. The van der Waals surface area contributed by atoms with Crippen molar-refractivity contribution in [2.75, 3.05) is 20.5 Å². The number of amides is 1. The van der Waals surface area contributed by atoms with Crippen molar-refractivity contribution in [1.29, 1.82) is 0 Å². The van der Waals surface area contributed by atoms with Crippen molar-refractivity contribution >= 4 is 15.9 Å². The first-order valence-corrected chi connectivity index (χ1v) is 10.6. The summed E-state index contributed by atoms with van der Waals surface area (Å²) in [6.07, 6.45) is 0.895. The molecule has 0 saturated carbocycles. The van der Waals surface area contributed by atoms with Crippen LogP contribution >= 0.6 is 0 Å². The van der Waals surface area contributed by atoms with Crippen LogP contribution in [0, 0.1) is 0 Å². The Bertz CT molecular complexity index is 1140. The highest BCUT2D eigenvalue weighted by Crippen LogP contribution is 2.33. The van der Waals surface area contributed by atoms with Crippen LogP contribution < -0.4 is 18.9 Å². The van der Waals surface area contributed by atoms with Crippen molar-refractivity contribution in [2.45, 2.75) is 0 Å². The average molecular weight is 429 g/mol. The molecule has 3 aromatic rings. The number of nitrogens with zero attached hydrogens (tertiary/aromatic N) is 2. The van der Waals surface area contributed by atoms with E-state index in [9.17, 15) is 13.2 Å². The monoisotopic (exact) mass is 429 g/mol. The standard InChI is InChI=1S/C20H19N3O6S/c1-27-16-12-17(28-2)22-20(21-16)29-15-11-7-10-14(13-8-5-4-6-9-13)18(15)19(24)23-30(3,25)26/h4-12H,1-3H3,(H,23,24). The normalized spacial score (nSPS) is 10.9. The summed E-state index contributed by atoms with van der Waals surface area (Å²) in [5, 5.41) is 0. The van der Waals surface area contributed by atoms with Crippen LogP contribution in [0.3, 0.4) is 0 Å². The highest BCUT2D eigenvalue weighted by Gasteiger charge is 2.22. The second-order valence-electron chi connectivity index (χ2n) is 6.09. The Kier molecular flexibility index (Phi) is 6.17. The van der Waals surface area contributed by atoms with Crippen LogP contribution in [0.4, 0.5) is 0 Å². The van der Waals surface area contributed by atoms with Crippen LogP contribution in [0.5, 0.6) is 23.5 Å². The molecule has 0 aliphatic carbocycles. The third-order valence-corrected chi connectivity index (χ3v) is 4.45. The van der Waals surface area contributed by atoms with Gasteiger partial charge in [0.1, 0.15) is 5.75 Å². The number of hydrogen-bond acceptors (Lipinski definition) is 8. The number of ether oxygens (including phenoxy) is 3. The van der Waals surface area contributed by atoms with Gasteiger partial charge in [-0.2, -0.15) is 9.97 Å². The van der Waals surface area contributed by atoms with Crippen molar-refractivity contribution in [2.24, 2.45) is 0 Å². The van der Waals surface area contributed by atoms with Gasteiger partial charge in [-0.25, -0.2) is 13.1 Å². The zero-order chi connectivity index (χ0) is 21.7. The summed E-state index contributed by atoms with van der Waals surface area (Å²) in [6, 6.07) is 15.2. The number of benzene rings is 2. The molecule has 0 spiro atoms. The van der Waals surface area contributed by atoms with Crippen molar-refractivity contribution in [3.05, 3.63) is 60.2 Å². The molecule has 0 atom stereocenters. The molecule has 0 fully saturated rings. The van der Waals surface area contributed by atoms with Gasteiger partial charge in [0.25, 0.3) is 5.91 Å². The highest BCUT2D eigenvalue weighted by molar-refractivity contribution is 7.89. The summed E-state index contributed by atoms with van der Waals surface area (Å²) in [5.41, 5.74) is 1.19. The molecule has 1 heterocycles. The van der Waals surface area contributed by atoms with Gasteiger partial charge in [-0.05, 0) is 17.2 Å². The van der Waals surface area contributed by atoms with Crippen LogP contribution in [0.2, 0.25) is 0 Å². The number of hydrogen-bond donors (Lipinski definition) is 1. The molecular formula is C20H19N3O6S. The number of carbonyl (C=O) groups excluding carboxylic acids is 1. The topological polar surface area (TPSA) is 117 Å². The summed E-state index contributed by atoms with van der Waals surface area (Å²) in [6.45, 7) is 0. The molecule has 10 heteroatoms. The summed E-state index contributed by atoms with van der Waals surface area (Å²) in [5.74, 6) is -0.397. The molecule has 0 saturated heterocycles. The van der Waals surface area contributed by atoms with Crippen LogP contribution in [0.25, 0.3) is 11.1 Å². The molecule has 9 nitrogen and oxygen atoms in total. The fraction of sp³-hybridized carbons (Fsp3) is 0.150. The van der Waals surface area contributed by atoms with E-state index in [1.807, 2.05) is 10.8 Å². The van der Waals surface area contributed by atoms with E-state index in [4.69, 9.17) is 14.2 Å². The number of methoxy groups -OCH3 is 2. The van der Waals surface area contributed by atoms with Gasteiger partial charge < -0.3 is 14.2 Å². The van der Waals surface area contributed by atoms with Gasteiger partial charge in [0.05, 0.1) is 32.1 Å². The van der Waals surface area contributed by atoms with E-state index in [0.29, 0.717) is 11.1 Å². The van der Waals surface area contributed by atoms with E-state index < -0.39 is 15.9 Å². The fourth-order valence-electron chi connectivity index (χ4n) is 2.66. The maximum Gasteiger partial charge on any atom is 0.328 e. The Hall–Kier alpha value is -3.66. The van der Waals surface area contributed by atoms with Crippen LogP contribution in [-0.4, -0.2) is 44.8 Å². The molecule has 156 valence electrons. The quantitative estimate of drug-likeness (QED) is 0.609. The zero-order valence-corrected chi connectivity index (χ0v) is 17.3. The van der Waals surface area contributed by atoms with E-state index in [1.54, 1.807) is 36.4 Å². The summed E-state index contributed by atoms with van der Waals surface area (Å²) in [7, 11) is -0.961. The Balaban J connectivity index is 2.14. The van der Waals surface area contributed by atoms with Crippen molar-refractivity contribution in [3.63, 3.8) is 0 Å². The molecule has 0 aliphatic heterocycles. The van der Waals surface area contributed by atoms with E-state index in [0.717, 1.165) is 6.26 Å². The first-order chi connectivity index (χ1) is 14.3. The minimum atomic E-state index is -3.81. The molecule has 1 aromatic heterocycles. The highest BCUT2D eigenvalue weighted by atomic mass is 32.2. The minimum Gasteiger partial charge on any atom is -0.481 e. The van der Waals surface area contributed by atoms with E-state index >= 15 is 0 Å². The number of carbonyl (C=O) groups is 1. The van der Waals surface area contributed by atoms with Crippen molar-refractivity contribution in [3.8, 4) is 34.6 Å². The van der Waals surface area contributed by atoms with Gasteiger partial charge in [-0.15, -0.1) is 0 Å². The van der Waals surface area contributed by atoms with Gasteiger partial charge in [0.2, 0.25) is 21.8 Å². The number of rotatable bonds is 7. The SMILES string of the molecule is COc1cc(OC)nc(Oc2cccc(-c3ccccc3)c2C(=O)NS(C)(=O)=O)n1. The van der Waals surface area contributed by atoms with Gasteiger partial charge in [0.15, 0.2) is 0 Å². The maximum absolute atomic E-state index is 12.9. The van der Waals surface area contributed by atoms with Crippen molar-refractivity contribution in [1.82, 2.24) is 14.7 Å². The molecule has 0 aliphatic rings. The maximum atomic E-state index is 12.9.